The molecule has 1 aliphatic carbocycles. The summed E-state index contributed by atoms with van der Waals surface area (Å²) in [6.07, 6.45) is 2.80. The number of amides is 1. The summed E-state index contributed by atoms with van der Waals surface area (Å²) in [5.74, 6) is 0.513. The number of hydrogen-bond acceptors (Lipinski definition) is 5. The van der Waals surface area contributed by atoms with Gasteiger partial charge in [-0.05, 0) is 55.9 Å². The molecule has 0 bridgehead atoms. The third-order valence-corrected chi connectivity index (χ3v) is 6.07. The van der Waals surface area contributed by atoms with Crippen LogP contribution >= 0.6 is 27.3 Å². The number of esters is 1. The number of fused-ring (bicyclic) bond motifs is 1. The van der Waals surface area contributed by atoms with Crippen LogP contribution in [0.25, 0.3) is 0 Å². The van der Waals surface area contributed by atoms with Crippen molar-refractivity contribution in [2.75, 3.05) is 18.5 Å². The Morgan fingerprint density at radius 1 is 1.37 bits per heavy atom. The van der Waals surface area contributed by atoms with Gasteiger partial charge in [-0.2, -0.15) is 0 Å². The van der Waals surface area contributed by atoms with E-state index in [1.165, 1.54) is 16.2 Å². The third-order valence-electron chi connectivity index (χ3n) is 4.41. The van der Waals surface area contributed by atoms with Crippen LogP contribution in [-0.2, 0) is 22.4 Å². The predicted octanol–water partition coefficient (Wildman–Crippen LogP) is 4.83. The van der Waals surface area contributed by atoms with Gasteiger partial charge in [0, 0.05) is 9.35 Å². The molecule has 0 aliphatic heterocycles. The van der Waals surface area contributed by atoms with Crippen molar-refractivity contribution in [2.24, 2.45) is 5.92 Å². The van der Waals surface area contributed by atoms with E-state index >= 15 is 0 Å². The van der Waals surface area contributed by atoms with E-state index in [9.17, 15) is 9.59 Å². The molecule has 1 N–H and O–H groups in total. The molecule has 27 heavy (non-hydrogen) atoms. The van der Waals surface area contributed by atoms with Crippen molar-refractivity contribution in [1.29, 1.82) is 0 Å². The molecule has 0 spiro atoms. The fraction of sp³-hybridized carbons (Fsp3) is 0.400. The van der Waals surface area contributed by atoms with Gasteiger partial charge in [0.2, 0.25) is 0 Å². The predicted molar refractivity (Wildman–Crippen MR) is 110 cm³/mol. The molecule has 1 aromatic carbocycles. The smallest absolute Gasteiger partial charge is 0.341 e. The zero-order valence-electron chi connectivity index (χ0n) is 15.3. The first-order valence-corrected chi connectivity index (χ1v) is 10.6. The van der Waals surface area contributed by atoms with Crippen LogP contribution in [0.1, 0.15) is 41.1 Å². The van der Waals surface area contributed by atoms with Crippen LogP contribution in [0.5, 0.6) is 5.75 Å². The van der Waals surface area contributed by atoms with Gasteiger partial charge in [0.25, 0.3) is 5.91 Å². The number of anilines is 1. The fourth-order valence-electron chi connectivity index (χ4n) is 3.13. The number of carbonyl (C=O) groups is 2. The monoisotopic (exact) mass is 451 g/mol. The van der Waals surface area contributed by atoms with E-state index in [2.05, 4.69) is 28.2 Å². The second kappa shape index (κ2) is 8.89. The highest BCUT2D eigenvalue weighted by Gasteiger charge is 2.29. The molecule has 5 nitrogen and oxygen atoms in total. The van der Waals surface area contributed by atoms with E-state index in [0.29, 0.717) is 28.8 Å². The first-order chi connectivity index (χ1) is 13.0. The summed E-state index contributed by atoms with van der Waals surface area (Å²) in [6, 6.07) is 7.30. The lowest BCUT2D eigenvalue weighted by molar-refractivity contribution is -0.118. The molecule has 0 saturated heterocycles. The Balaban J connectivity index is 1.75. The molecule has 1 aromatic heterocycles. The van der Waals surface area contributed by atoms with Crippen LogP contribution < -0.4 is 10.1 Å². The van der Waals surface area contributed by atoms with Crippen molar-refractivity contribution < 1.29 is 19.1 Å². The minimum Gasteiger partial charge on any atom is -0.484 e. The van der Waals surface area contributed by atoms with Crippen molar-refractivity contribution in [3.05, 3.63) is 44.7 Å². The summed E-state index contributed by atoms with van der Waals surface area (Å²) >= 11 is 4.85. The summed E-state index contributed by atoms with van der Waals surface area (Å²) in [7, 11) is 0. The second-order valence-corrected chi connectivity index (χ2v) is 8.59. The average Bonchev–Trinajstić information content (AvgIpc) is 2.97. The van der Waals surface area contributed by atoms with Gasteiger partial charge in [-0.3, -0.25) is 4.79 Å². The number of hydrogen-bond donors (Lipinski definition) is 1. The molecule has 0 saturated carbocycles. The first kappa shape index (κ1) is 19.9. The van der Waals surface area contributed by atoms with E-state index in [-0.39, 0.29) is 18.5 Å². The Kier molecular flexibility index (Phi) is 6.55. The van der Waals surface area contributed by atoms with Crippen LogP contribution in [-0.4, -0.2) is 25.1 Å². The van der Waals surface area contributed by atoms with Crippen LogP contribution in [0.3, 0.4) is 0 Å². The lowest BCUT2D eigenvalue weighted by Gasteiger charge is -2.18. The lowest BCUT2D eigenvalue weighted by atomic mass is 9.88. The largest absolute Gasteiger partial charge is 0.484 e. The minimum absolute atomic E-state index is 0.127. The number of thiophene rings is 1. The molecule has 2 aromatic rings. The minimum atomic E-state index is -0.368. The van der Waals surface area contributed by atoms with Gasteiger partial charge >= 0.3 is 5.97 Å². The second-order valence-electron chi connectivity index (χ2n) is 6.57. The van der Waals surface area contributed by atoms with Gasteiger partial charge in [-0.15, -0.1) is 11.3 Å². The van der Waals surface area contributed by atoms with Crippen LogP contribution in [0.2, 0.25) is 0 Å². The molecule has 1 atom stereocenters. The van der Waals surface area contributed by atoms with Gasteiger partial charge in [0.15, 0.2) is 6.61 Å². The fourth-order valence-corrected chi connectivity index (χ4v) is 4.92. The van der Waals surface area contributed by atoms with Crippen molar-refractivity contribution in [3.8, 4) is 5.75 Å². The van der Waals surface area contributed by atoms with Crippen molar-refractivity contribution >= 4 is 44.1 Å². The molecule has 144 valence electrons. The molecule has 1 aliphatic rings. The molecule has 1 amide bonds. The Bertz CT molecular complexity index is 849. The number of benzene rings is 1. The van der Waals surface area contributed by atoms with Crippen molar-refractivity contribution in [3.63, 3.8) is 0 Å². The zero-order valence-corrected chi connectivity index (χ0v) is 17.7. The maximum atomic E-state index is 12.5. The van der Waals surface area contributed by atoms with E-state index in [4.69, 9.17) is 9.47 Å². The molecular formula is C20H22BrNO4S. The van der Waals surface area contributed by atoms with Crippen molar-refractivity contribution in [2.45, 2.75) is 33.1 Å². The third kappa shape index (κ3) is 4.90. The number of ether oxygens (including phenoxy) is 2. The Labute approximate surface area is 171 Å². The first-order valence-electron chi connectivity index (χ1n) is 8.97. The summed E-state index contributed by atoms with van der Waals surface area (Å²) in [5.41, 5.74) is 1.54. The molecule has 1 heterocycles. The molecule has 3 rings (SSSR count). The Morgan fingerprint density at radius 2 is 2.19 bits per heavy atom. The molecule has 0 fully saturated rings. The molecule has 7 heteroatoms. The lowest BCUT2D eigenvalue weighted by Crippen LogP contribution is -2.21. The van der Waals surface area contributed by atoms with Crippen LogP contribution in [0.4, 0.5) is 5.00 Å². The number of rotatable bonds is 6. The highest BCUT2D eigenvalue weighted by atomic mass is 79.9. The van der Waals surface area contributed by atoms with Gasteiger partial charge in [-0.25, -0.2) is 4.79 Å². The quantitative estimate of drug-likeness (QED) is 0.638. The van der Waals surface area contributed by atoms with E-state index in [1.54, 1.807) is 19.1 Å². The number of nitrogens with one attached hydrogen (secondary N) is 1. The summed E-state index contributed by atoms with van der Waals surface area (Å²) in [4.78, 5) is 26.0. The topological polar surface area (TPSA) is 64.6 Å². The Hall–Kier alpha value is -1.86. The van der Waals surface area contributed by atoms with Crippen molar-refractivity contribution in [1.82, 2.24) is 0 Å². The summed E-state index contributed by atoms with van der Waals surface area (Å²) < 4.78 is 11.6. The summed E-state index contributed by atoms with van der Waals surface area (Å²) in [5, 5.41) is 3.41. The normalized spacial score (nSPS) is 15.7. The number of halogens is 1. The van der Waals surface area contributed by atoms with E-state index in [0.717, 1.165) is 29.3 Å². The van der Waals surface area contributed by atoms with E-state index in [1.807, 2.05) is 12.1 Å². The van der Waals surface area contributed by atoms with Gasteiger partial charge < -0.3 is 14.8 Å². The molecular weight excluding hydrogens is 430 g/mol. The molecule has 0 radical (unpaired) electrons. The summed E-state index contributed by atoms with van der Waals surface area (Å²) in [6.45, 7) is 4.16. The zero-order chi connectivity index (χ0) is 19.4. The highest BCUT2D eigenvalue weighted by molar-refractivity contribution is 9.10. The maximum absolute atomic E-state index is 12.5. The van der Waals surface area contributed by atoms with E-state index < -0.39 is 0 Å². The SMILES string of the molecule is CCOC(=O)c1c(NC(=O)COc2cccc(Br)c2)sc2c1CCC(C)C2. The van der Waals surface area contributed by atoms with Crippen LogP contribution in [0, 0.1) is 5.92 Å². The Morgan fingerprint density at radius 3 is 2.93 bits per heavy atom. The maximum Gasteiger partial charge on any atom is 0.341 e. The van der Waals surface area contributed by atoms with Crippen LogP contribution in [0.15, 0.2) is 28.7 Å². The van der Waals surface area contributed by atoms with Gasteiger partial charge in [0.1, 0.15) is 10.8 Å². The van der Waals surface area contributed by atoms with Gasteiger partial charge in [-0.1, -0.05) is 28.9 Å². The standard InChI is InChI=1S/C20H22BrNO4S/c1-3-25-20(24)18-15-8-7-12(2)9-16(15)27-19(18)22-17(23)11-26-14-6-4-5-13(21)10-14/h4-6,10,12H,3,7-9,11H2,1-2H3,(H,22,23). The number of carbonyl (C=O) groups excluding carboxylic acids is 2. The van der Waals surface area contributed by atoms with Gasteiger partial charge in [0.05, 0.1) is 12.2 Å². The average molecular weight is 452 g/mol. The molecule has 1 unspecified atom stereocenters. The highest BCUT2D eigenvalue weighted by Crippen LogP contribution is 2.40.